The molecule has 0 fully saturated rings. The molecule has 0 spiro atoms. The number of carbonyl (C=O) groups is 2. The molecule has 0 radical (unpaired) electrons. The predicted octanol–water partition coefficient (Wildman–Crippen LogP) is 13.0. The second-order valence-corrected chi connectivity index (χ2v) is 17.5. The van der Waals surface area contributed by atoms with Crippen molar-refractivity contribution in [1.29, 1.82) is 0 Å². The van der Waals surface area contributed by atoms with Crippen LogP contribution in [0.15, 0.2) is 72.9 Å². The first-order valence-electron chi connectivity index (χ1n) is 22.7. The van der Waals surface area contributed by atoms with E-state index in [0.717, 1.165) is 57.8 Å². The highest BCUT2D eigenvalue weighted by Crippen LogP contribution is 2.43. The first-order valence-corrected chi connectivity index (χ1v) is 24.2. The molecule has 0 aliphatic rings. The molecule has 58 heavy (non-hydrogen) atoms. The molecule has 0 saturated carbocycles. The zero-order valence-electron chi connectivity index (χ0n) is 37.5. The minimum atomic E-state index is -4.40. The number of quaternary nitrogens is 1. The third-order valence-corrected chi connectivity index (χ3v) is 10.2. The van der Waals surface area contributed by atoms with Crippen LogP contribution in [-0.2, 0) is 32.7 Å². The number of ether oxygens (including phenoxy) is 2. The van der Waals surface area contributed by atoms with Gasteiger partial charge < -0.3 is 18.9 Å². The molecule has 0 amide bonds. The molecular formula is C48H85NO8P+. The highest BCUT2D eigenvalue weighted by molar-refractivity contribution is 7.47. The molecule has 9 nitrogen and oxygen atoms in total. The average molecular weight is 835 g/mol. The molecule has 2 atom stereocenters. The lowest BCUT2D eigenvalue weighted by molar-refractivity contribution is -0.870. The molecule has 0 aliphatic heterocycles. The fraction of sp³-hybridized carbons (Fsp3) is 0.708. The van der Waals surface area contributed by atoms with E-state index in [1.54, 1.807) is 0 Å². The largest absolute Gasteiger partial charge is 0.472 e. The summed E-state index contributed by atoms with van der Waals surface area (Å²) in [4.78, 5) is 35.4. The highest BCUT2D eigenvalue weighted by Gasteiger charge is 2.27. The molecule has 0 aromatic rings. The molecule has 0 saturated heterocycles. The fourth-order valence-electron chi connectivity index (χ4n) is 5.62. The van der Waals surface area contributed by atoms with Crippen molar-refractivity contribution in [2.24, 2.45) is 0 Å². The zero-order chi connectivity index (χ0) is 42.8. The van der Waals surface area contributed by atoms with Gasteiger partial charge in [0.1, 0.15) is 19.8 Å². The number of rotatable bonds is 40. The van der Waals surface area contributed by atoms with Crippen LogP contribution in [0.5, 0.6) is 0 Å². The highest BCUT2D eigenvalue weighted by atomic mass is 31.2. The summed E-state index contributed by atoms with van der Waals surface area (Å²) in [5.41, 5.74) is 0. The normalized spacial score (nSPS) is 14.2. The maximum Gasteiger partial charge on any atom is 0.472 e. The van der Waals surface area contributed by atoms with Crippen molar-refractivity contribution in [2.75, 3.05) is 47.5 Å². The summed E-state index contributed by atoms with van der Waals surface area (Å²) < 4.78 is 34.2. The molecule has 0 aromatic heterocycles. The van der Waals surface area contributed by atoms with Crippen molar-refractivity contribution in [3.8, 4) is 0 Å². The van der Waals surface area contributed by atoms with E-state index in [4.69, 9.17) is 18.5 Å². The van der Waals surface area contributed by atoms with Crippen LogP contribution in [0.1, 0.15) is 168 Å². The Morgan fingerprint density at radius 1 is 0.534 bits per heavy atom. The van der Waals surface area contributed by atoms with E-state index in [1.807, 2.05) is 27.2 Å². The first kappa shape index (κ1) is 55.5. The Bertz CT molecular complexity index is 1220. The molecular weight excluding hydrogens is 750 g/mol. The first-order chi connectivity index (χ1) is 28.0. The smallest absolute Gasteiger partial charge is 0.462 e. The maximum absolute atomic E-state index is 12.7. The Morgan fingerprint density at radius 2 is 0.948 bits per heavy atom. The van der Waals surface area contributed by atoms with E-state index < -0.39 is 32.5 Å². The van der Waals surface area contributed by atoms with Crippen LogP contribution in [0.2, 0.25) is 0 Å². The molecule has 0 rings (SSSR count). The van der Waals surface area contributed by atoms with E-state index in [-0.39, 0.29) is 26.1 Å². The van der Waals surface area contributed by atoms with Gasteiger partial charge in [0.25, 0.3) is 0 Å². The van der Waals surface area contributed by atoms with Gasteiger partial charge in [-0.15, -0.1) is 0 Å². The van der Waals surface area contributed by atoms with E-state index in [1.165, 1.54) is 70.6 Å². The van der Waals surface area contributed by atoms with Crippen LogP contribution >= 0.6 is 7.82 Å². The number of unbranched alkanes of at least 4 members (excludes halogenated alkanes) is 14. The van der Waals surface area contributed by atoms with Crippen molar-refractivity contribution in [2.45, 2.75) is 174 Å². The van der Waals surface area contributed by atoms with Crippen molar-refractivity contribution in [3.63, 3.8) is 0 Å². The van der Waals surface area contributed by atoms with Crippen LogP contribution in [-0.4, -0.2) is 74.9 Å². The van der Waals surface area contributed by atoms with Crippen LogP contribution < -0.4 is 0 Å². The zero-order valence-corrected chi connectivity index (χ0v) is 38.4. The summed E-state index contributed by atoms with van der Waals surface area (Å²) in [6, 6.07) is 0. The second kappa shape index (κ2) is 39.9. The Labute approximate surface area is 355 Å². The molecule has 0 heterocycles. The van der Waals surface area contributed by atoms with Crippen LogP contribution in [0.3, 0.4) is 0 Å². The summed E-state index contributed by atoms with van der Waals surface area (Å²) in [7, 11) is 1.43. The van der Waals surface area contributed by atoms with Crippen LogP contribution in [0.4, 0.5) is 0 Å². The van der Waals surface area contributed by atoms with E-state index in [0.29, 0.717) is 23.9 Å². The van der Waals surface area contributed by atoms with E-state index >= 15 is 0 Å². The number of phosphoric ester groups is 1. The minimum absolute atomic E-state index is 0.0168. The number of esters is 2. The number of allylic oxidation sites excluding steroid dienone is 12. The summed E-state index contributed by atoms with van der Waals surface area (Å²) in [6.45, 7) is 4.28. The Morgan fingerprint density at radius 3 is 1.43 bits per heavy atom. The average Bonchev–Trinajstić information content (AvgIpc) is 3.17. The summed E-state index contributed by atoms with van der Waals surface area (Å²) in [5.74, 6) is -0.879. The van der Waals surface area contributed by atoms with Gasteiger partial charge >= 0.3 is 19.8 Å². The minimum Gasteiger partial charge on any atom is -0.462 e. The van der Waals surface area contributed by atoms with Crippen LogP contribution in [0, 0.1) is 0 Å². The van der Waals surface area contributed by atoms with Gasteiger partial charge in [0.05, 0.1) is 27.7 Å². The van der Waals surface area contributed by atoms with E-state index in [9.17, 15) is 19.0 Å². The monoisotopic (exact) mass is 835 g/mol. The lowest BCUT2D eigenvalue weighted by Gasteiger charge is -2.24. The molecule has 1 N–H and O–H groups in total. The Balaban J connectivity index is 4.46. The SMILES string of the molecule is CCCCC/C=C\C/C=C\C/C=C\C/C=C\CCCC(=O)O[C@H](COC(=O)CCCCCCCCC/C=C\C/C=C\CCCCC)COP(=O)(O)OCC[N+](C)(C)C. The number of carbonyl (C=O) groups excluding carboxylic acids is 2. The second-order valence-electron chi connectivity index (χ2n) is 16.1. The quantitative estimate of drug-likeness (QED) is 0.0214. The number of phosphoric acid groups is 1. The van der Waals surface area contributed by atoms with Crippen molar-refractivity contribution < 1.29 is 42.1 Å². The van der Waals surface area contributed by atoms with Gasteiger partial charge in [0, 0.05) is 12.8 Å². The van der Waals surface area contributed by atoms with Gasteiger partial charge in [-0.25, -0.2) is 4.57 Å². The summed E-state index contributed by atoms with van der Waals surface area (Å²) in [5, 5.41) is 0. The van der Waals surface area contributed by atoms with Crippen molar-refractivity contribution in [1.82, 2.24) is 0 Å². The Kier molecular flexibility index (Phi) is 38.1. The van der Waals surface area contributed by atoms with Gasteiger partial charge in [0.15, 0.2) is 6.10 Å². The predicted molar refractivity (Wildman–Crippen MR) is 242 cm³/mol. The molecule has 0 bridgehead atoms. The third-order valence-electron chi connectivity index (χ3n) is 9.21. The molecule has 0 aromatic carbocycles. The molecule has 334 valence electrons. The third kappa shape index (κ3) is 43.0. The van der Waals surface area contributed by atoms with Gasteiger partial charge in [0.2, 0.25) is 0 Å². The summed E-state index contributed by atoms with van der Waals surface area (Å²) >= 11 is 0. The molecule has 1 unspecified atom stereocenters. The fourth-order valence-corrected chi connectivity index (χ4v) is 6.36. The lowest BCUT2D eigenvalue weighted by Crippen LogP contribution is -2.37. The van der Waals surface area contributed by atoms with Crippen LogP contribution in [0.25, 0.3) is 0 Å². The van der Waals surface area contributed by atoms with Gasteiger partial charge in [-0.2, -0.15) is 0 Å². The standard InChI is InChI=1S/C48H84NO8P/c1-6-8-10-12-14-16-18-20-22-24-26-28-30-32-34-36-38-40-47(50)54-44-46(45-56-58(52,53)55-43-42-49(3,4)5)57-48(51)41-39-37-35-33-31-29-27-25-23-21-19-17-15-13-11-9-7-2/h14-17,20-23,27,29,33,35,46H,6-13,18-19,24-26,28,30-32,34,36-45H2,1-5H3/p+1/b16-14-,17-15-,22-20-,23-21-,29-27-,35-33-/t46-/m1/s1. The Hall–Kier alpha value is -2.55. The van der Waals surface area contributed by atoms with Gasteiger partial charge in [-0.1, -0.05) is 145 Å². The summed E-state index contributed by atoms with van der Waals surface area (Å²) in [6.07, 6.45) is 49.5. The van der Waals surface area contributed by atoms with Gasteiger partial charge in [-0.05, 0) is 83.5 Å². The lowest BCUT2D eigenvalue weighted by atomic mass is 10.1. The molecule has 10 heteroatoms. The van der Waals surface area contributed by atoms with Gasteiger partial charge in [-0.3, -0.25) is 18.6 Å². The number of nitrogens with zero attached hydrogens (tertiary/aromatic N) is 1. The molecule has 0 aliphatic carbocycles. The van der Waals surface area contributed by atoms with E-state index in [2.05, 4.69) is 80.7 Å². The number of hydrogen-bond acceptors (Lipinski definition) is 7. The number of likely N-dealkylation sites (N-methyl/N-ethyl adjacent to an activating group) is 1. The topological polar surface area (TPSA) is 108 Å². The number of hydrogen-bond donors (Lipinski definition) is 1. The van der Waals surface area contributed by atoms with Crippen molar-refractivity contribution in [3.05, 3.63) is 72.9 Å². The van der Waals surface area contributed by atoms with Crippen molar-refractivity contribution >= 4 is 19.8 Å². The maximum atomic E-state index is 12.7.